The van der Waals surface area contributed by atoms with Gasteiger partial charge in [-0.25, -0.2) is 4.98 Å². The van der Waals surface area contributed by atoms with Crippen LogP contribution in [0.25, 0.3) is 5.65 Å². The Morgan fingerprint density at radius 1 is 1.23 bits per heavy atom. The lowest BCUT2D eigenvalue weighted by molar-refractivity contribution is 0.0638. The van der Waals surface area contributed by atoms with Gasteiger partial charge < -0.3 is 9.32 Å². The van der Waals surface area contributed by atoms with Crippen molar-refractivity contribution < 1.29 is 9.21 Å². The number of aromatic nitrogens is 4. The molecule has 0 radical (unpaired) electrons. The Morgan fingerprint density at radius 3 is 3.04 bits per heavy atom. The maximum absolute atomic E-state index is 12.9. The largest absolute Gasteiger partial charge is 0.438 e. The Balaban J connectivity index is 1.31. The van der Waals surface area contributed by atoms with Crippen molar-refractivity contribution >= 4 is 11.6 Å². The fourth-order valence-electron chi connectivity index (χ4n) is 3.91. The lowest BCUT2D eigenvalue weighted by atomic mass is 9.94. The number of nitrogens with zero attached hydrogens (tertiary/aromatic N) is 5. The molecule has 1 saturated carbocycles. The highest BCUT2D eigenvalue weighted by atomic mass is 16.3. The molecule has 1 unspecified atom stereocenters. The number of oxazole rings is 1. The third-order valence-corrected chi connectivity index (χ3v) is 5.42. The van der Waals surface area contributed by atoms with Gasteiger partial charge in [-0.1, -0.05) is 6.07 Å². The van der Waals surface area contributed by atoms with Crippen molar-refractivity contribution in [3.63, 3.8) is 0 Å². The summed E-state index contributed by atoms with van der Waals surface area (Å²) in [7, 11) is 0. The molecule has 134 valence electrons. The zero-order valence-electron chi connectivity index (χ0n) is 14.5. The standard InChI is InChI=1S/C19H21N5O2/c25-19(18-17(14-6-7-14)20-12-26-18)23-8-3-4-13(11-23)10-16-22-21-15-5-1-2-9-24(15)16/h1-2,5,9,12-14H,3-4,6-8,10-11H2. The Hall–Kier alpha value is -2.70. The Labute approximate surface area is 151 Å². The van der Waals surface area contributed by atoms with E-state index in [1.807, 2.05) is 33.7 Å². The van der Waals surface area contributed by atoms with Crippen LogP contribution < -0.4 is 0 Å². The zero-order chi connectivity index (χ0) is 17.5. The topological polar surface area (TPSA) is 76.5 Å². The van der Waals surface area contributed by atoms with Crippen molar-refractivity contribution in [3.8, 4) is 0 Å². The third kappa shape index (κ3) is 2.77. The quantitative estimate of drug-likeness (QED) is 0.722. The van der Waals surface area contributed by atoms with Crippen molar-refractivity contribution in [2.24, 2.45) is 5.92 Å². The lowest BCUT2D eigenvalue weighted by Gasteiger charge is -2.32. The van der Waals surface area contributed by atoms with Crippen molar-refractivity contribution in [1.82, 2.24) is 24.5 Å². The maximum atomic E-state index is 12.9. The first-order valence-corrected chi connectivity index (χ1v) is 9.31. The van der Waals surface area contributed by atoms with Gasteiger partial charge >= 0.3 is 0 Å². The lowest BCUT2D eigenvalue weighted by Crippen LogP contribution is -2.40. The Morgan fingerprint density at radius 2 is 2.15 bits per heavy atom. The van der Waals surface area contributed by atoms with E-state index in [1.54, 1.807) is 0 Å². The summed E-state index contributed by atoms with van der Waals surface area (Å²) in [5, 5.41) is 8.56. The number of carbonyl (C=O) groups is 1. The molecule has 4 heterocycles. The van der Waals surface area contributed by atoms with Gasteiger partial charge in [-0.15, -0.1) is 10.2 Å². The van der Waals surface area contributed by atoms with Crippen molar-refractivity contribution in [1.29, 1.82) is 0 Å². The minimum absolute atomic E-state index is 0.0137. The molecular formula is C19H21N5O2. The van der Waals surface area contributed by atoms with Crippen molar-refractivity contribution in [2.45, 2.75) is 38.0 Å². The molecule has 0 N–H and O–H groups in total. The van der Waals surface area contributed by atoms with E-state index in [0.717, 1.165) is 62.4 Å². The van der Waals surface area contributed by atoms with Crippen LogP contribution in [-0.2, 0) is 6.42 Å². The summed E-state index contributed by atoms with van der Waals surface area (Å²) in [5.74, 6) is 2.18. The van der Waals surface area contributed by atoms with Crippen LogP contribution in [0.1, 0.15) is 53.7 Å². The number of rotatable bonds is 4. The van der Waals surface area contributed by atoms with Crippen LogP contribution in [0.5, 0.6) is 0 Å². The van der Waals surface area contributed by atoms with Gasteiger partial charge in [0, 0.05) is 31.6 Å². The minimum Gasteiger partial charge on any atom is -0.438 e. The van der Waals surface area contributed by atoms with Crippen LogP contribution >= 0.6 is 0 Å². The summed E-state index contributed by atoms with van der Waals surface area (Å²) in [5.41, 5.74) is 1.71. The van der Waals surface area contributed by atoms with Crippen molar-refractivity contribution in [2.75, 3.05) is 13.1 Å². The summed E-state index contributed by atoms with van der Waals surface area (Å²) in [6.45, 7) is 1.51. The number of fused-ring (bicyclic) bond motifs is 1. The third-order valence-electron chi connectivity index (χ3n) is 5.42. The molecule has 7 nitrogen and oxygen atoms in total. The maximum Gasteiger partial charge on any atom is 0.291 e. The van der Waals surface area contributed by atoms with Gasteiger partial charge in [0.05, 0.1) is 5.69 Å². The van der Waals surface area contributed by atoms with E-state index in [2.05, 4.69) is 15.2 Å². The molecule has 0 spiro atoms. The average Bonchev–Trinajstić information content (AvgIpc) is 3.27. The second-order valence-corrected chi connectivity index (χ2v) is 7.35. The second kappa shape index (κ2) is 6.23. The van der Waals surface area contributed by atoms with Gasteiger partial charge in [0.25, 0.3) is 5.91 Å². The predicted molar refractivity (Wildman–Crippen MR) is 93.8 cm³/mol. The molecule has 7 heteroatoms. The van der Waals surface area contributed by atoms with Gasteiger partial charge in [0.15, 0.2) is 12.0 Å². The zero-order valence-corrected chi connectivity index (χ0v) is 14.5. The highest BCUT2D eigenvalue weighted by molar-refractivity contribution is 5.92. The van der Waals surface area contributed by atoms with Crippen LogP contribution in [-0.4, -0.2) is 43.5 Å². The van der Waals surface area contributed by atoms with Crippen molar-refractivity contribution in [3.05, 3.63) is 48.1 Å². The van der Waals surface area contributed by atoms with E-state index in [-0.39, 0.29) is 5.91 Å². The first-order valence-electron chi connectivity index (χ1n) is 9.31. The number of carbonyl (C=O) groups excluding carboxylic acids is 1. The van der Waals surface area contributed by atoms with Gasteiger partial charge in [0.2, 0.25) is 5.76 Å². The number of hydrogen-bond acceptors (Lipinski definition) is 5. The molecule has 3 aromatic rings. The number of likely N-dealkylation sites (tertiary alicyclic amines) is 1. The van der Waals surface area contributed by atoms with E-state index in [1.165, 1.54) is 6.39 Å². The molecule has 2 fully saturated rings. The summed E-state index contributed by atoms with van der Waals surface area (Å²) in [6.07, 6.45) is 8.53. The minimum atomic E-state index is -0.0137. The molecule has 26 heavy (non-hydrogen) atoms. The number of amides is 1. The smallest absolute Gasteiger partial charge is 0.291 e. The Bertz CT molecular complexity index is 942. The molecule has 1 saturated heterocycles. The summed E-state index contributed by atoms with van der Waals surface area (Å²) < 4.78 is 7.48. The van der Waals surface area contributed by atoms with E-state index >= 15 is 0 Å². The van der Waals surface area contributed by atoms with E-state index in [9.17, 15) is 4.79 Å². The summed E-state index contributed by atoms with van der Waals surface area (Å²) >= 11 is 0. The van der Waals surface area contributed by atoms with Crippen LogP contribution in [0.4, 0.5) is 0 Å². The Kier molecular flexibility index (Phi) is 3.72. The van der Waals surface area contributed by atoms with E-state index < -0.39 is 0 Å². The molecule has 1 aliphatic heterocycles. The van der Waals surface area contributed by atoms with Crippen LogP contribution in [0.3, 0.4) is 0 Å². The SMILES string of the molecule is O=C(c1ocnc1C1CC1)N1CCCC(Cc2nnc3ccccn23)C1. The molecule has 3 aromatic heterocycles. The number of pyridine rings is 1. The highest BCUT2D eigenvalue weighted by Crippen LogP contribution is 2.41. The highest BCUT2D eigenvalue weighted by Gasteiger charge is 2.35. The van der Waals surface area contributed by atoms with Crippen LogP contribution in [0.2, 0.25) is 0 Å². The second-order valence-electron chi connectivity index (χ2n) is 7.35. The number of piperidine rings is 1. The molecule has 1 aliphatic carbocycles. The molecule has 0 bridgehead atoms. The molecular weight excluding hydrogens is 330 g/mol. The normalized spacial score (nSPS) is 20.6. The molecule has 2 aliphatic rings. The van der Waals surface area contributed by atoms with Gasteiger partial charge in [-0.3, -0.25) is 9.20 Å². The fraction of sp³-hybridized carbons (Fsp3) is 0.474. The monoisotopic (exact) mass is 351 g/mol. The first kappa shape index (κ1) is 15.5. The van der Waals surface area contributed by atoms with Crippen LogP contribution in [0, 0.1) is 5.92 Å². The van der Waals surface area contributed by atoms with E-state index in [4.69, 9.17) is 4.42 Å². The molecule has 1 amide bonds. The van der Waals surface area contributed by atoms with Gasteiger partial charge in [-0.05, 0) is 43.7 Å². The van der Waals surface area contributed by atoms with Crippen LogP contribution in [0.15, 0.2) is 35.2 Å². The van der Waals surface area contributed by atoms with Gasteiger partial charge in [-0.2, -0.15) is 0 Å². The number of hydrogen-bond donors (Lipinski definition) is 0. The van der Waals surface area contributed by atoms with Gasteiger partial charge in [0.1, 0.15) is 5.82 Å². The average molecular weight is 351 g/mol. The molecule has 1 atom stereocenters. The predicted octanol–water partition coefficient (Wildman–Crippen LogP) is 2.69. The summed E-state index contributed by atoms with van der Waals surface area (Å²) in [6, 6.07) is 5.90. The molecule has 0 aromatic carbocycles. The summed E-state index contributed by atoms with van der Waals surface area (Å²) in [4.78, 5) is 19.1. The van der Waals surface area contributed by atoms with E-state index in [0.29, 0.717) is 17.6 Å². The molecule has 5 rings (SSSR count). The first-order chi connectivity index (χ1) is 12.8. The fourth-order valence-corrected chi connectivity index (χ4v) is 3.91.